The van der Waals surface area contributed by atoms with Crippen LogP contribution in [-0.2, 0) is 9.59 Å². The van der Waals surface area contributed by atoms with Crippen molar-refractivity contribution in [2.24, 2.45) is 5.92 Å². The third-order valence-electron chi connectivity index (χ3n) is 4.80. The molecule has 1 atom stereocenters. The number of aryl methyl sites for hydroxylation is 1. The molecule has 1 saturated heterocycles. The van der Waals surface area contributed by atoms with Crippen LogP contribution in [0.1, 0.15) is 35.2 Å². The van der Waals surface area contributed by atoms with Gasteiger partial charge in [0.15, 0.2) is 0 Å². The predicted octanol–water partition coefficient (Wildman–Crippen LogP) is 2.45. The second-order valence-electron chi connectivity index (χ2n) is 6.85. The van der Waals surface area contributed by atoms with Crippen LogP contribution in [0.15, 0.2) is 35.2 Å². The Bertz CT molecular complexity index is 838. The summed E-state index contributed by atoms with van der Waals surface area (Å²) in [6, 6.07) is 5.46. The summed E-state index contributed by atoms with van der Waals surface area (Å²) in [5.74, 6) is -0.00975. The van der Waals surface area contributed by atoms with Gasteiger partial charge in [-0.2, -0.15) is 11.3 Å². The van der Waals surface area contributed by atoms with E-state index in [2.05, 4.69) is 15.6 Å². The number of piperidine rings is 1. The molecule has 0 aliphatic carbocycles. The van der Waals surface area contributed by atoms with Gasteiger partial charge in [-0.3, -0.25) is 14.4 Å². The van der Waals surface area contributed by atoms with E-state index in [1.807, 2.05) is 24.4 Å². The minimum Gasteiger partial charge on any atom is -0.351 e. The van der Waals surface area contributed by atoms with Crippen LogP contribution < -0.4 is 10.6 Å². The van der Waals surface area contributed by atoms with Crippen molar-refractivity contribution in [1.29, 1.82) is 0 Å². The SMILES string of the molecule is Cc1cccnc1NC(=O)C1CCCN(C(=O)CCNC(=O)c2ccsc2)C1. The standard InChI is InChI=1S/C20H24N4O3S/c1-14-4-2-8-21-18(14)23-20(27)15-5-3-10-24(12-15)17(25)6-9-22-19(26)16-7-11-28-13-16/h2,4,7-8,11,13,15H,3,5-6,9-10,12H2,1H3,(H,22,26)(H,21,23,27). The highest BCUT2D eigenvalue weighted by Crippen LogP contribution is 2.20. The van der Waals surface area contributed by atoms with Crippen LogP contribution in [0.25, 0.3) is 0 Å². The first-order valence-electron chi connectivity index (χ1n) is 9.35. The molecule has 0 saturated carbocycles. The molecule has 0 radical (unpaired) electrons. The topological polar surface area (TPSA) is 91.4 Å². The van der Waals surface area contributed by atoms with E-state index in [4.69, 9.17) is 0 Å². The summed E-state index contributed by atoms with van der Waals surface area (Å²) in [6.07, 6.45) is 3.40. The molecule has 1 fully saturated rings. The molecule has 2 aromatic heterocycles. The number of hydrogen-bond donors (Lipinski definition) is 2. The second kappa shape index (κ2) is 9.45. The molecule has 1 aliphatic heterocycles. The lowest BCUT2D eigenvalue weighted by atomic mass is 9.96. The molecule has 148 valence electrons. The average Bonchev–Trinajstić information content (AvgIpc) is 3.24. The maximum Gasteiger partial charge on any atom is 0.252 e. The number of anilines is 1. The Balaban J connectivity index is 1.47. The van der Waals surface area contributed by atoms with Crippen molar-refractivity contribution in [2.45, 2.75) is 26.2 Å². The Morgan fingerprint density at radius 1 is 1.32 bits per heavy atom. The van der Waals surface area contributed by atoms with Crippen molar-refractivity contribution in [1.82, 2.24) is 15.2 Å². The Labute approximate surface area is 168 Å². The molecular formula is C20H24N4O3S. The number of pyridine rings is 1. The Hall–Kier alpha value is -2.74. The van der Waals surface area contributed by atoms with Crippen molar-refractivity contribution in [3.8, 4) is 0 Å². The third kappa shape index (κ3) is 5.16. The molecule has 7 nitrogen and oxygen atoms in total. The van der Waals surface area contributed by atoms with Crippen molar-refractivity contribution in [3.63, 3.8) is 0 Å². The van der Waals surface area contributed by atoms with Gasteiger partial charge in [-0.05, 0) is 42.8 Å². The van der Waals surface area contributed by atoms with Crippen LogP contribution in [0.4, 0.5) is 5.82 Å². The fourth-order valence-electron chi connectivity index (χ4n) is 3.19. The van der Waals surface area contributed by atoms with Gasteiger partial charge < -0.3 is 15.5 Å². The number of carbonyl (C=O) groups excluding carboxylic acids is 3. The minimum absolute atomic E-state index is 0.0443. The van der Waals surface area contributed by atoms with Gasteiger partial charge in [0.05, 0.1) is 5.92 Å². The van der Waals surface area contributed by atoms with Gasteiger partial charge in [0.25, 0.3) is 5.91 Å². The van der Waals surface area contributed by atoms with E-state index in [-0.39, 0.29) is 36.6 Å². The van der Waals surface area contributed by atoms with Crippen LogP contribution in [0, 0.1) is 12.8 Å². The summed E-state index contributed by atoms with van der Waals surface area (Å²) >= 11 is 1.46. The molecule has 0 bridgehead atoms. The highest BCUT2D eigenvalue weighted by molar-refractivity contribution is 7.08. The number of amides is 3. The first kappa shape index (κ1) is 20.0. The Kier molecular flexibility index (Phi) is 6.76. The first-order valence-corrected chi connectivity index (χ1v) is 10.3. The second-order valence-corrected chi connectivity index (χ2v) is 7.64. The molecule has 3 amide bonds. The molecule has 2 N–H and O–H groups in total. The lowest BCUT2D eigenvalue weighted by Crippen LogP contribution is -2.44. The summed E-state index contributed by atoms with van der Waals surface area (Å²) < 4.78 is 0. The molecule has 0 spiro atoms. The molecule has 0 aromatic carbocycles. The number of aromatic nitrogens is 1. The van der Waals surface area contributed by atoms with Gasteiger partial charge in [0.1, 0.15) is 5.82 Å². The lowest BCUT2D eigenvalue weighted by molar-refractivity contribution is -0.134. The molecule has 28 heavy (non-hydrogen) atoms. The highest BCUT2D eigenvalue weighted by Gasteiger charge is 2.28. The number of nitrogens with zero attached hydrogens (tertiary/aromatic N) is 2. The maximum atomic E-state index is 12.6. The number of carbonyl (C=O) groups is 3. The summed E-state index contributed by atoms with van der Waals surface area (Å²) in [4.78, 5) is 42.9. The van der Waals surface area contributed by atoms with Crippen LogP contribution in [0.2, 0.25) is 0 Å². The molecule has 3 rings (SSSR count). The summed E-state index contributed by atoms with van der Waals surface area (Å²) in [7, 11) is 0. The van der Waals surface area contributed by atoms with Gasteiger partial charge in [-0.1, -0.05) is 6.07 Å². The van der Waals surface area contributed by atoms with Crippen LogP contribution in [-0.4, -0.2) is 47.2 Å². The fraction of sp³-hybridized carbons (Fsp3) is 0.400. The normalized spacial score (nSPS) is 16.5. The smallest absolute Gasteiger partial charge is 0.252 e. The molecule has 8 heteroatoms. The summed E-state index contributed by atoms with van der Waals surface area (Å²) in [6.45, 7) is 3.22. The monoisotopic (exact) mass is 400 g/mol. The zero-order valence-electron chi connectivity index (χ0n) is 15.8. The molecule has 3 heterocycles. The van der Waals surface area contributed by atoms with E-state index in [0.717, 1.165) is 18.4 Å². The average molecular weight is 401 g/mol. The van der Waals surface area contributed by atoms with Gasteiger partial charge in [-0.15, -0.1) is 0 Å². The maximum absolute atomic E-state index is 12.6. The van der Waals surface area contributed by atoms with Crippen molar-refractivity contribution in [2.75, 3.05) is 25.0 Å². The van der Waals surface area contributed by atoms with E-state index in [1.54, 1.807) is 22.5 Å². The molecule has 1 unspecified atom stereocenters. The Morgan fingerprint density at radius 3 is 2.93 bits per heavy atom. The number of rotatable bonds is 6. The Morgan fingerprint density at radius 2 is 2.18 bits per heavy atom. The number of hydrogen-bond acceptors (Lipinski definition) is 5. The van der Waals surface area contributed by atoms with Crippen LogP contribution >= 0.6 is 11.3 Å². The molecule has 2 aromatic rings. The lowest BCUT2D eigenvalue weighted by Gasteiger charge is -2.32. The van der Waals surface area contributed by atoms with E-state index in [1.165, 1.54) is 11.3 Å². The largest absolute Gasteiger partial charge is 0.351 e. The van der Waals surface area contributed by atoms with Crippen molar-refractivity contribution >= 4 is 34.9 Å². The van der Waals surface area contributed by atoms with E-state index in [0.29, 0.717) is 24.5 Å². The fourth-order valence-corrected chi connectivity index (χ4v) is 3.83. The minimum atomic E-state index is -0.250. The van der Waals surface area contributed by atoms with Crippen LogP contribution in [0.3, 0.4) is 0 Å². The highest BCUT2D eigenvalue weighted by atomic mass is 32.1. The van der Waals surface area contributed by atoms with E-state index >= 15 is 0 Å². The zero-order valence-corrected chi connectivity index (χ0v) is 16.6. The van der Waals surface area contributed by atoms with Crippen LogP contribution in [0.5, 0.6) is 0 Å². The number of likely N-dealkylation sites (tertiary alicyclic amines) is 1. The third-order valence-corrected chi connectivity index (χ3v) is 5.49. The zero-order chi connectivity index (χ0) is 19.9. The van der Waals surface area contributed by atoms with Gasteiger partial charge >= 0.3 is 0 Å². The number of thiophene rings is 1. The first-order chi connectivity index (χ1) is 13.5. The molecule has 1 aliphatic rings. The van der Waals surface area contributed by atoms with E-state index < -0.39 is 0 Å². The molecular weight excluding hydrogens is 376 g/mol. The van der Waals surface area contributed by atoms with Crippen molar-refractivity contribution in [3.05, 3.63) is 46.3 Å². The predicted molar refractivity (Wildman–Crippen MR) is 108 cm³/mol. The quantitative estimate of drug-likeness (QED) is 0.779. The number of nitrogens with one attached hydrogen (secondary N) is 2. The summed E-state index contributed by atoms with van der Waals surface area (Å²) in [5, 5.41) is 9.24. The summed E-state index contributed by atoms with van der Waals surface area (Å²) in [5.41, 5.74) is 1.51. The van der Waals surface area contributed by atoms with E-state index in [9.17, 15) is 14.4 Å². The van der Waals surface area contributed by atoms with Gasteiger partial charge in [0, 0.05) is 43.2 Å². The van der Waals surface area contributed by atoms with Gasteiger partial charge in [-0.25, -0.2) is 4.98 Å². The van der Waals surface area contributed by atoms with Crippen molar-refractivity contribution < 1.29 is 14.4 Å². The van der Waals surface area contributed by atoms with Gasteiger partial charge in [0.2, 0.25) is 11.8 Å².